The van der Waals surface area contributed by atoms with Crippen molar-refractivity contribution in [3.63, 3.8) is 0 Å². The number of amides is 2. The highest BCUT2D eigenvalue weighted by atomic mass is 16.4. The van der Waals surface area contributed by atoms with E-state index in [0.29, 0.717) is 32.5 Å². The predicted molar refractivity (Wildman–Crippen MR) is 59.6 cm³/mol. The van der Waals surface area contributed by atoms with Gasteiger partial charge < -0.3 is 20.0 Å². The minimum absolute atomic E-state index is 0.242. The van der Waals surface area contributed by atoms with Crippen LogP contribution < -0.4 is 0 Å². The highest BCUT2D eigenvalue weighted by Crippen LogP contribution is 2.21. The minimum Gasteiger partial charge on any atom is -0.480 e. The topological polar surface area (TPSA) is 81.1 Å². The Labute approximate surface area is 99.8 Å². The quantitative estimate of drug-likeness (QED) is 0.684. The molecule has 1 unspecified atom stereocenters. The molecule has 0 aromatic carbocycles. The number of hydrogen-bond donors (Lipinski definition) is 2. The lowest BCUT2D eigenvalue weighted by Crippen LogP contribution is -2.51. The summed E-state index contributed by atoms with van der Waals surface area (Å²) >= 11 is 0. The number of aliphatic hydroxyl groups excluding tert-OH is 1. The molecule has 2 atom stereocenters. The lowest BCUT2D eigenvalue weighted by Gasteiger charge is -2.34. The second-order valence-corrected chi connectivity index (χ2v) is 4.71. The molecular formula is C11H18N2O4. The zero-order valence-electron chi connectivity index (χ0n) is 9.71. The van der Waals surface area contributed by atoms with Crippen molar-refractivity contribution in [2.24, 2.45) is 0 Å². The second kappa shape index (κ2) is 4.91. The number of rotatable bonds is 1. The van der Waals surface area contributed by atoms with E-state index in [1.807, 2.05) is 0 Å². The van der Waals surface area contributed by atoms with Crippen molar-refractivity contribution < 1.29 is 19.8 Å². The Morgan fingerprint density at radius 2 is 1.82 bits per heavy atom. The van der Waals surface area contributed by atoms with Gasteiger partial charge in [0.05, 0.1) is 6.10 Å². The van der Waals surface area contributed by atoms with Gasteiger partial charge in [0.25, 0.3) is 0 Å². The summed E-state index contributed by atoms with van der Waals surface area (Å²) < 4.78 is 0. The number of urea groups is 1. The average molecular weight is 242 g/mol. The summed E-state index contributed by atoms with van der Waals surface area (Å²) in [5, 5.41) is 18.5. The van der Waals surface area contributed by atoms with Crippen LogP contribution in [-0.2, 0) is 4.79 Å². The van der Waals surface area contributed by atoms with Gasteiger partial charge in [0, 0.05) is 19.6 Å². The number of carboxylic acid groups (broad SMARTS) is 1. The molecule has 2 N–H and O–H groups in total. The molecule has 17 heavy (non-hydrogen) atoms. The molecule has 0 spiro atoms. The first-order chi connectivity index (χ1) is 8.09. The van der Waals surface area contributed by atoms with Crippen molar-refractivity contribution in [2.45, 2.75) is 37.8 Å². The van der Waals surface area contributed by atoms with Gasteiger partial charge in [-0.3, -0.25) is 0 Å². The summed E-state index contributed by atoms with van der Waals surface area (Å²) in [7, 11) is 0. The van der Waals surface area contributed by atoms with E-state index in [-0.39, 0.29) is 6.03 Å². The van der Waals surface area contributed by atoms with Crippen LogP contribution in [0.5, 0.6) is 0 Å². The zero-order chi connectivity index (χ0) is 12.4. The van der Waals surface area contributed by atoms with Crippen LogP contribution in [0, 0.1) is 0 Å². The number of nitrogens with zero attached hydrogens (tertiary/aromatic N) is 2. The van der Waals surface area contributed by atoms with Gasteiger partial charge in [-0.05, 0) is 25.7 Å². The van der Waals surface area contributed by atoms with Crippen LogP contribution in [0.2, 0.25) is 0 Å². The second-order valence-electron chi connectivity index (χ2n) is 4.71. The number of piperidine rings is 1. The Morgan fingerprint density at radius 3 is 2.47 bits per heavy atom. The van der Waals surface area contributed by atoms with E-state index in [2.05, 4.69) is 0 Å². The first-order valence-corrected chi connectivity index (χ1v) is 6.06. The first-order valence-electron chi connectivity index (χ1n) is 6.06. The molecule has 0 aromatic heterocycles. The average Bonchev–Trinajstić information content (AvgIpc) is 2.77. The molecule has 2 aliphatic rings. The molecule has 0 saturated carbocycles. The maximum atomic E-state index is 12.1. The van der Waals surface area contributed by atoms with Crippen molar-refractivity contribution in [1.82, 2.24) is 9.80 Å². The minimum atomic E-state index is -0.937. The van der Waals surface area contributed by atoms with Crippen molar-refractivity contribution in [3.8, 4) is 0 Å². The summed E-state index contributed by atoms with van der Waals surface area (Å²) in [6.07, 6.45) is 2.28. The van der Waals surface area contributed by atoms with E-state index in [1.165, 1.54) is 4.90 Å². The monoisotopic (exact) mass is 242 g/mol. The molecule has 6 heteroatoms. The van der Waals surface area contributed by atoms with Crippen LogP contribution in [0.1, 0.15) is 25.7 Å². The van der Waals surface area contributed by atoms with Crippen molar-refractivity contribution in [3.05, 3.63) is 0 Å². The van der Waals surface area contributed by atoms with E-state index in [9.17, 15) is 14.7 Å². The van der Waals surface area contributed by atoms with Gasteiger partial charge in [0.15, 0.2) is 0 Å². The van der Waals surface area contributed by atoms with E-state index < -0.39 is 18.1 Å². The Bertz CT molecular complexity index is 321. The Hall–Kier alpha value is -1.30. The molecule has 0 aromatic rings. The fourth-order valence-corrected chi connectivity index (χ4v) is 2.56. The number of likely N-dealkylation sites (tertiary alicyclic amines) is 2. The number of carbonyl (C=O) groups is 2. The fourth-order valence-electron chi connectivity index (χ4n) is 2.56. The van der Waals surface area contributed by atoms with Crippen LogP contribution >= 0.6 is 0 Å². The Kier molecular flexibility index (Phi) is 3.51. The fraction of sp³-hybridized carbons (Fsp3) is 0.818. The maximum absolute atomic E-state index is 12.1. The molecule has 2 fully saturated rings. The van der Waals surface area contributed by atoms with E-state index in [1.54, 1.807) is 4.90 Å². The van der Waals surface area contributed by atoms with Crippen molar-refractivity contribution >= 4 is 12.0 Å². The van der Waals surface area contributed by atoms with E-state index >= 15 is 0 Å². The molecule has 0 radical (unpaired) electrons. The third-order valence-electron chi connectivity index (χ3n) is 3.45. The predicted octanol–water partition coefficient (Wildman–Crippen LogP) is 0.112. The largest absolute Gasteiger partial charge is 0.480 e. The first kappa shape index (κ1) is 12.2. The van der Waals surface area contributed by atoms with E-state index in [0.717, 1.165) is 12.8 Å². The summed E-state index contributed by atoms with van der Waals surface area (Å²) in [4.78, 5) is 26.1. The van der Waals surface area contributed by atoms with Crippen LogP contribution in [-0.4, -0.2) is 63.8 Å². The number of β-amino-alcohol motifs (C(OH)–C–C–N with tert-alkyl or cyclic N) is 1. The third-order valence-corrected chi connectivity index (χ3v) is 3.45. The normalized spacial score (nSPS) is 29.5. The zero-order valence-corrected chi connectivity index (χ0v) is 9.71. The molecule has 6 nitrogen and oxygen atoms in total. The van der Waals surface area contributed by atoms with Crippen LogP contribution in [0.25, 0.3) is 0 Å². The summed E-state index contributed by atoms with van der Waals surface area (Å²) in [6, 6.07) is -0.935. The van der Waals surface area contributed by atoms with Crippen LogP contribution in [0.3, 0.4) is 0 Å². The standard InChI is InChI=1S/C11H18N2O4/c14-8-3-1-5-12(7-8)11(17)13-6-2-4-9(13)10(15)16/h8-9,14H,1-7H2,(H,15,16)/t8?,9-/m1/s1. The van der Waals surface area contributed by atoms with Gasteiger partial charge in [0.1, 0.15) is 6.04 Å². The number of carboxylic acids is 1. The number of hydrogen-bond acceptors (Lipinski definition) is 3. The Balaban J connectivity index is 2.01. The van der Waals surface area contributed by atoms with Crippen molar-refractivity contribution in [2.75, 3.05) is 19.6 Å². The van der Waals surface area contributed by atoms with Gasteiger partial charge in [-0.1, -0.05) is 0 Å². The van der Waals surface area contributed by atoms with Crippen LogP contribution in [0.4, 0.5) is 4.79 Å². The molecule has 2 amide bonds. The van der Waals surface area contributed by atoms with Crippen LogP contribution in [0.15, 0.2) is 0 Å². The molecule has 2 rings (SSSR count). The SMILES string of the molecule is O=C(O)[C@H]1CCCN1C(=O)N1CCCC(O)C1. The van der Waals surface area contributed by atoms with E-state index in [4.69, 9.17) is 5.11 Å². The summed E-state index contributed by atoms with van der Waals surface area (Å²) in [6.45, 7) is 1.43. The smallest absolute Gasteiger partial charge is 0.326 e. The molecule has 2 saturated heterocycles. The van der Waals surface area contributed by atoms with Gasteiger partial charge in [0.2, 0.25) is 0 Å². The third kappa shape index (κ3) is 2.52. The number of carbonyl (C=O) groups excluding carboxylic acids is 1. The molecule has 0 aliphatic carbocycles. The highest BCUT2D eigenvalue weighted by Gasteiger charge is 2.37. The molecule has 2 heterocycles. The summed E-state index contributed by atoms with van der Waals surface area (Å²) in [5.41, 5.74) is 0. The lowest BCUT2D eigenvalue weighted by atomic mass is 10.1. The number of aliphatic hydroxyl groups is 1. The van der Waals surface area contributed by atoms with Gasteiger partial charge in [-0.15, -0.1) is 0 Å². The molecular weight excluding hydrogens is 224 g/mol. The summed E-state index contributed by atoms with van der Waals surface area (Å²) in [5.74, 6) is -0.937. The van der Waals surface area contributed by atoms with Gasteiger partial charge >= 0.3 is 12.0 Å². The molecule has 0 bridgehead atoms. The van der Waals surface area contributed by atoms with Crippen molar-refractivity contribution in [1.29, 1.82) is 0 Å². The lowest BCUT2D eigenvalue weighted by molar-refractivity contribution is -0.141. The van der Waals surface area contributed by atoms with Gasteiger partial charge in [-0.2, -0.15) is 0 Å². The number of aliphatic carboxylic acids is 1. The molecule has 2 aliphatic heterocycles. The maximum Gasteiger partial charge on any atom is 0.326 e. The highest BCUT2D eigenvalue weighted by molar-refractivity contribution is 5.83. The molecule has 96 valence electrons. The Morgan fingerprint density at radius 1 is 1.12 bits per heavy atom. The van der Waals surface area contributed by atoms with Gasteiger partial charge in [-0.25, -0.2) is 9.59 Å².